The van der Waals surface area contributed by atoms with Crippen LogP contribution in [0.5, 0.6) is 0 Å². The molecule has 6 heteroatoms. The molecule has 106 valence electrons. The molecule has 0 atom stereocenters. The molecule has 1 aromatic heterocycles. The highest BCUT2D eigenvalue weighted by Gasteiger charge is 2.31. The molecule has 0 bridgehead atoms. The van der Waals surface area contributed by atoms with Crippen molar-refractivity contribution < 1.29 is 18.0 Å². The van der Waals surface area contributed by atoms with Crippen molar-refractivity contribution in [1.82, 2.24) is 9.78 Å². The zero-order valence-corrected chi connectivity index (χ0v) is 11.0. The summed E-state index contributed by atoms with van der Waals surface area (Å²) in [5, 5.41) is 4.12. The molecule has 2 aromatic rings. The van der Waals surface area contributed by atoms with E-state index in [4.69, 9.17) is 0 Å². The van der Waals surface area contributed by atoms with E-state index < -0.39 is 17.5 Å². The maximum atomic E-state index is 12.6. The lowest BCUT2D eigenvalue weighted by Crippen LogP contribution is -2.11. The Morgan fingerprint density at radius 2 is 2.00 bits per heavy atom. The van der Waals surface area contributed by atoms with Gasteiger partial charge in [0.15, 0.2) is 0 Å². The molecule has 0 aliphatic heterocycles. The predicted molar refractivity (Wildman–Crippen MR) is 67.5 cm³/mol. The first kappa shape index (κ1) is 14.3. The van der Waals surface area contributed by atoms with Gasteiger partial charge in [0.1, 0.15) is 5.69 Å². The second-order valence-electron chi connectivity index (χ2n) is 4.41. The normalized spacial score (nSPS) is 11.7. The van der Waals surface area contributed by atoms with Gasteiger partial charge in [-0.2, -0.15) is 18.3 Å². The van der Waals surface area contributed by atoms with Crippen LogP contribution < -0.4 is 0 Å². The van der Waals surface area contributed by atoms with Gasteiger partial charge >= 0.3 is 6.18 Å². The minimum absolute atomic E-state index is 0.00507. The lowest BCUT2D eigenvalue weighted by molar-refractivity contribution is -0.137. The van der Waals surface area contributed by atoms with Gasteiger partial charge in [0, 0.05) is 12.6 Å². The molecule has 0 saturated carbocycles. The summed E-state index contributed by atoms with van der Waals surface area (Å²) in [6.07, 6.45) is -3.80. The summed E-state index contributed by atoms with van der Waals surface area (Å²) in [6, 6.07) is 6.00. The summed E-state index contributed by atoms with van der Waals surface area (Å²) in [5.41, 5.74) is 0.177. The zero-order valence-electron chi connectivity index (χ0n) is 11.0. The highest BCUT2D eigenvalue weighted by Crippen LogP contribution is 2.30. The highest BCUT2D eigenvalue weighted by atomic mass is 19.4. The van der Waals surface area contributed by atoms with E-state index in [1.54, 1.807) is 13.1 Å². The number of benzene rings is 1. The molecule has 20 heavy (non-hydrogen) atoms. The minimum Gasteiger partial charge on any atom is -0.287 e. The fourth-order valence-electron chi connectivity index (χ4n) is 1.90. The largest absolute Gasteiger partial charge is 0.416 e. The van der Waals surface area contributed by atoms with Gasteiger partial charge < -0.3 is 0 Å². The molecule has 0 radical (unpaired) electrons. The van der Waals surface area contributed by atoms with Crippen molar-refractivity contribution in [2.24, 2.45) is 7.05 Å². The summed E-state index contributed by atoms with van der Waals surface area (Å²) in [7, 11) is 1.60. The molecule has 1 heterocycles. The van der Waals surface area contributed by atoms with E-state index in [1.165, 1.54) is 16.8 Å². The van der Waals surface area contributed by atoms with Crippen molar-refractivity contribution >= 4 is 5.78 Å². The number of aromatic nitrogens is 2. The minimum atomic E-state index is -4.46. The number of halogens is 3. The zero-order chi connectivity index (χ0) is 14.9. The lowest BCUT2D eigenvalue weighted by Gasteiger charge is -2.08. The number of hydrogen-bond acceptors (Lipinski definition) is 2. The topological polar surface area (TPSA) is 34.9 Å². The molecule has 1 aromatic carbocycles. The van der Waals surface area contributed by atoms with Gasteiger partial charge in [0.25, 0.3) is 0 Å². The number of rotatable bonds is 3. The summed E-state index contributed by atoms with van der Waals surface area (Å²) < 4.78 is 39.3. The van der Waals surface area contributed by atoms with Gasteiger partial charge in [-0.05, 0) is 24.6 Å². The van der Waals surface area contributed by atoms with Crippen LogP contribution >= 0.6 is 0 Å². The molecule has 0 N–H and O–H groups in total. The van der Waals surface area contributed by atoms with E-state index >= 15 is 0 Å². The monoisotopic (exact) mass is 282 g/mol. The van der Waals surface area contributed by atoms with E-state index in [0.29, 0.717) is 6.42 Å². The van der Waals surface area contributed by atoms with Crippen LogP contribution in [0.1, 0.15) is 34.2 Å². The Kier molecular flexibility index (Phi) is 3.65. The van der Waals surface area contributed by atoms with Crippen molar-refractivity contribution in [3.8, 4) is 0 Å². The fraction of sp³-hybridized carbons (Fsp3) is 0.286. The lowest BCUT2D eigenvalue weighted by atomic mass is 10.0. The van der Waals surface area contributed by atoms with Crippen LogP contribution in [0.3, 0.4) is 0 Å². The Labute approximate surface area is 114 Å². The molecular weight excluding hydrogens is 269 g/mol. The third-order valence-corrected chi connectivity index (χ3v) is 2.98. The average Bonchev–Trinajstić information content (AvgIpc) is 2.78. The summed E-state index contributed by atoms with van der Waals surface area (Å²) in [4.78, 5) is 12.2. The Hall–Kier alpha value is -2.11. The number of nitrogens with zero attached hydrogens (tertiary/aromatic N) is 2. The first-order chi connectivity index (χ1) is 9.32. The van der Waals surface area contributed by atoms with Crippen LogP contribution in [-0.4, -0.2) is 15.6 Å². The second kappa shape index (κ2) is 5.11. The third-order valence-electron chi connectivity index (χ3n) is 2.98. The SMILES string of the molecule is CCc1cc(C(=O)c2cccc(C(F)(F)F)c2)n(C)n1. The third kappa shape index (κ3) is 2.74. The number of carbonyl (C=O) groups excluding carboxylic acids is 1. The number of ketones is 1. The van der Waals surface area contributed by atoms with Crippen LogP contribution in [-0.2, 0) is 19.6 Å². The van der Waals surface area contributed by atoms with Crippen molar-refractivity contribution in [2.75, 3.05) is 0 Å². The van der Waals surface area contributed by atoms with E-state index in [0.717, 1.165) is 17.8 Å². The summed E-state index contributed by atoms with van der Waals surface area (Å²) >= 11 is 0. The van der Waals surface area contributed by atoms with Crippen LogP contribution in [0.2, 0.25) is 0 Å². The molecule has 0 saturated heterocycles. The number of hydrogen-bond donors (Lipinski definition) is 0. The maximum Gasteiger partial charge on any atom is 0.416 e. The molecule has 0 aliphatic carbocycles. The maximum absolute atomic E-state index is 12.6. The van der Waals surface area contributed by atoms with Crippen molar-refractivity contribution in [1.29, 1.82) is 0 Å². The standard InChI is InChI=1S/C14H13F3N2O/c1-3-11-8-12(19(2)18-11)13(20)9-5-4-6-10(7-9)14(15,16)17/h4-8H,3H2,1-2H3. The molecule has 3 nitrogen and oxygen atoms in total. The van der Waals surface area contributed by atoms with Gasteiger partial charge in [-0.3, -0.25) is 9.48 Å². The van der Waals surface area contributed by atoms with Gasteiger partial charge in [-0.15, -0.1) is 0 Å². The van der Waals surface area contributed by atoms with E-state index in [9.17, 15) is 18.0 Å². The molecule has 0 fully saturated rings. The van der Waals surface area contributed by atoms with Crippen LogP contribution in [0, 0.1) is 0 Å². The van der Waals surface area contributed by atoms with Crippen LogP contribution in [0.25, 0.3) is 0 Å². The summed E-state index contributed by atoms with van der Waals surface area (Å²) in [5.74, 6) is -0.467. The van der Waals surface area contributed by atoms with Crippen molar-refractivity contribution in [3.63, 3.8) is 0 Å². The quantitative estimate of drug-likeness (QED) is 0.810. The van der Waals surface area contributed by atoms with Crippen LogP contribution in [0.4, 0.5) is 13.2 Å². The first-order valence-corrected chi connectivity index (χ1v) is 6.07. The van der Waals surface area contributed by atoms with Crippen molar-refractivity contribution in [3.05, 3.63) is 52.8 Å². The van der Waals surface area contributed by atoms with Crippen LogP contribution in [0.15, 0.2) is 30.3 Å². The number of alkyl halides is 3. The Balaban J connectivity index is 2.41. The van der Waals surface area contributed by atoms with Gasteiger partial charge in [-0.1, -0.05) is 19.1 Å². The van der Waals surface area contributed by atoms with E-state index in [-0.39, 0.29) is 11.3 Å². The smallest absolute Gasteiger partial charge is 0.287 e. The van der Waals surface area contributed by atoms with E-state index in [1.807, 2.05) is 6.92 Å². The van der Waals surface area contributed by atoms with Gasteiger partial charge in [-0.25, -0.2) is 0 Å². The van der Waals surface area contributed by atoms with E-state index in [2.05, 4.69) is 5.10 Å². The number of carbonyl (C=O) groups is 1. The predicted octanol–water partition coefficient (Wildman–Crippen LogP) is 3.23. The molecular formula is C14H13F3N2O. The molecule has 0 amide bonds. The molecule has 2 rings (SSSR count). The summed E-state index contributed by atoms with van der Waals surface area (Å²) in [6.45, 7) is 1.89. The fourth-order valence-corrected chi connectivity index (χ4v) is 1.90. The molecule has 0 spiro atoms. The molecule has 0 unspecified atom stereocenters. The highest BCUT2D eigenvalue weighted by molar-refractivity contribution is 6.08. The first-order valence-electron chi connectivity index (χ1n) is 6.07. The average molecular weight is 282 g/mol. The van der Waals surface area contributed by atoms with Gasteiger partial charge in [0.05, 0.1) is 11.3 Å². The Morgan fingerprint density at radius 3 is 2.55 bits per heavy atom. The second-order valence-corrected chi connectivity index (χ2v) is 4.41. The Morgan fingerprint density at radius 1 is 1.30 bits per heavy atom. The Bertz CT molecular complexity index is 644. The van der Waals surface area contributed by atoms with Crippen molar-refractivity contribution in [2.45, 2.75) is 19.5 Å². The number of aryl methyl sites for hydroxylation is 2. The molecule has 0 aliphatic rings. The van der Waals surface area contributed by atoms with Gasteiger partial charge in [0.2, 0.25) is 5.78 Å².